The van der Waals surface area contributed by atoms with Crippen LogP contribution in [0.1, 0.15) is 30.4 Å². The lowest BCUT2D eigenvalue weighted by molar-refractivity contribution is 0.290. The zero-order chi connectivity index (χ0) is 11.7. The normalized spacial score (nSPS) is 18.6. The predicted molar refractivity (Wildman–Crippen MR) is 62.1 cm³/mol. The van der Waals surface area contributed by atoms with Gasteiger partial charge in [-0.1, -0.05) is 11.6 Å². The Morgan fingerprint density at radius 3 is 2.50 bits per heavy atom. The Balaban J connectivity index is 2.33. The fourth-order valence-corrected chi connectivity index (χ4v) is 2.37. The molecule has 1 atom stereocenters. The molecule has 1 fully saturated rings. The monoisotopic (exact) mass is 238 g/mol. The zero-order valence-electron chi connectivity index (χ0n) is 9.57. The lowest BCUT2D eigenvalue weighted by atomic mass is 10.2. The molecule has 1 aliphatic rings. The van der Waals surface area contributed by atoms with Crippen LogP contribution in [0, 0.1) is 18.3 Å². The smallest absolute Gasteiger partial charge is 0.144 e. The summed E-state index contributed by atoms with van der Waals surface area (Å²) in [6.45, 7) is 3.82. The molecule has 0 radical (unpaired) electrons. The minimum absolute atomic E-state index is 0.296. The summed E-state index contributed by atoms with van der Waals surface area (Å²) in [6.07, 6.45) is 2.31. The maximum atomic E-state index is 9.26. The first-order valence-corrected chi connectivity index (χ1v) is 5.85. The third kappa shape index (κ3) is 1.81. The van der Waals surface area contributed by atoms with Gasteiger partial charge in [0.25, 0.3) is 0 Å². The summed E-state index contributed by atoms with van der Waals surface area (Å²) in [5.41, 5.74) is 0.700. The average molecular weight is 239 g/mol. The van der Waals surface area contributed by atoms with Crippen LogP contribution in [0.4, 0.5) is 0 Å². The van der Waals surface area contributed by atoms with Crippen molar-refractivity contribution < 1.29 is 0 Å². The second-order valence-electron chi connectivity index (χ2n) is 4.17. The van der Waals surface area contributed by atoms with E-state index in [0.717, 1.165) is 31.8 Å². The number of nitriles is 1. The van der Waals surface area contributed by atoms with Gasteiger partial charge in [0.05, 0.1) is 6.07 Å². The number of aryl methyl sites for hydroxylation is 1. The molecule has 1 unspecified atom stereocenters. The third-order valence-corrected chi connectivity index (χ3v) is 3.61. The van der Waals surface area contributed by atoms with Crippen molar-refractivity contribution in [1.82, 2.24) is 14.5 Å². The van der Waals surface area contributed by atoms with E-state index in [1.807, 2.05) is 18.5 Å². The third-order valence-electron chi connectivity index (χ3n) is 3.16. The molecule has 0 spiro atoms. The van der Waals surface area contributed by atoms with Gasteiger partial charge in [0, 0.05) is 7.05 Å². The SMILES string of the molecule is Cc1nc(C(C#N)N2CCCC2)c(Cl)n1C. The molecule has 1 saturated heterocycles. The van der Waals surface area contributed by atoms with Crippen molar-refractivity contribution in [2.75, 3.05) is 13.1 Å². The number of aromatic nitrogens is 2. The summed E-state index contributed by atoms with van der Waals surface area (Å²) in [4.78, 5) is 6.54. The molecule has 1 aromatic heterocycles. The summed E-state index contributed by atoms with van der Waals surface area (Å²) >= 11 is 6.19. The van der Waals surface area contributed by atoms with E-state index in [-0.39, 0.29) is 6.04 Å². The number of likely N-dealkylation sites (tertiary alicyclic amines) is 1. The molecule has 0 aliphatic carbocycles. The van der Waals surface area contributed by atoms with Crippen LogP contribution in [-0.2, 0) is 7.05 Å². The number of imidazole rings is 1. The Labute approximate surface area is 100 Å². The number of hydrogen-bond acceptors (Lipinski definition) is 3. The molecule has 4 nitrogen and oxygen atoms in total. The zero-order valence-corrected chi connectivity index (χ0v) is 10.3. The molecule has 5 heteroatoms. The van der Waals surface area contributed by atoms with Crippen LogP contribution in [0.3, 0.4) is 0 Å². The molecule has 1 aromatic rings. The average Bonchev–Trinajstić information content (AvgIpc) is 2.86. The van der Waals surface area contributed by atoms with E-state index in [4.69, 9.17) is 11.6 Å². The predicted octanol–water partition coefficient (Wildman–Crippen LogP) is 2.04. The van der Waals surface area contributed by atoms with Crippen molar-refractivity contribution in [3.05, 3.63) is 16.7 Å². The molecular formula is C11H15ClN4. The quantitative estimate of drug-likeness (QED) is 0.792. The molecule has 2 heterocycles. The van der Waals surface area contributed by atoms with Gasteiger partial charge in [-0.25, -0.2) is 4.98 Å². The summed E-state index contributed by atoms with van der Waals surface area (Å²) in [6, 6.07) is 2.01. The molecule has 0 amide bonds. The summed E-state index contributed by atoms with van der Waals surface area (Å²) in [7, 11) is 1.87. The first-order valence-electron chi connectivity index (χ1n) is 5.47. The van der Waals surface area contributed by atoms with Crippen molar-refractivity contribution in [3.8, 4) is 6.07 Å². The number of halogens is 1. The Hall–Kier alpha value is -1.05. The standard InChI is InChI=1S/C11H15ClN4/c1-8-14-10(11(12)15(8)2)9(7-13)16-5-3-4-6-16/h9H,3-6H2,1-2H3. The van der Waals surface area contributed by atoms with Crippen LogP contribution >= 0.6 is 11.6 Å². The number of hydrogen-bond donors (Lipinski definition) is 0. The van der Waals surface area contributed by atoms with Crippen LogP contribution in [0.5, 0.6) is 0 Å². The number of nitrogens with zero attached hydrogens (tertiary/aromatic N) is 4. The van der Waals surface area contributed by atoms with Crippen molar-refractivity contribution in [2.24, 2.45) is 7.05 Å². The van der Waals surface area contributed by atoms with E-state index in [1.165, 1.54) is 0 Å². The van der Waals surface area contributed by atoms with Gasteiger partial charge in [-0.15, -0.1) is 0 Å². The Kier molecular flexibility index (Phi) is 3.17. The molecule has 16 heavy (non-hydrogen) atoms. The lowest BCUT2D eigenvalue weighted by Gasteiger charge is -2.19. The molecular weight excluding hydrogens is 224 g/mol. The maximum Gasteiger partial charge on any atom is 0.144 e. The Morgan fingerprint density at radius 1 is 1.44 bits per heavy atom. The molecule has 1 aliphatic heterocycles. The van der Waals surface area contributed by atoms with Crippen LogP contribution < -0.4 is 0 Å². The highest BCUT2D eigenvalue weighted by Crippen LogP contribution is 2.29. The van der Waals surface area contributed by atoms with Gasteiger partial charge >= 0.3 is 0 Å². The van der Waals surface area contributed by atoms with E-state index in [1.54, 1.807) is 0 Å². The topological polar surface area (TPSA) is 44.9 Å². The molecule has 0 saturated carbocycles. The minimum atomic E-state index is -0.296. The fourth-order valence-electron chi connectivity index (χ4n) is 2.10. The van der Waals surface area contributed by atoms with Crippen LogP contribution in [0.2, 0.25) is 5.15 Å². The van der Waals surface area contributed by atoms with Crippen molar-refractivity contribution in [2.45, 2.75) is 25.8 Å². The van der Waals surface area contributed by atoms with Crippen LogP contribution in [0.15, 0.2) is 0 Å². The number of rotatable bonds is 2. The highest BCUT2D eigenvalue weighted by Gasteiger charge is 2.28. The Morgan fingerprint density at radius 2 is 2.06 bits per heavy atom. The second-order valence-corrected chi connectivity index (χ2v) is 4.53. The van der Waals surface area contributed by atoms with Gasteiger partial charge in [0.2, 0.25) is 0 Å². The first kappa shape index (κ1) is 11.4. The van der Waals surface area contributed by atoms with E-state index in [0.29, 0.717) is 10.8 Å². The van der Waals surface area contributed by atoms with Crippen molar-refractivity contribution >= 4 is 11.6 Å². The summed E-state index contributed by atoms with van der Waals surface area (Å²) in [5.74, 6) is 0.847. The first-order chi connectivity index (χ1) is 7.65. The lowest BCUT2D eigenvalue weighted by Crippen LogP contribution is -2.25. The van der Waals surface area contributed by atoms with Gasteiger partial charge in [0.15, 0.2) is 0 Å². The van der Waals surface area contributed by atoms with Gasteiger partial charge in [-0.2, -0.15) is 5.26 Å². The molecule has 2 rings (SSSR count). The minimum Gasteiger partial charge on any atom is -0.322 e. The van der Waals surface area contributed by atoms with Crippen LogP contribution in [-0.4, -0.2) is 27.5 Å². The van der Waals surface area contributed by atoms with E-state index >= 15 is 0 Å². The largest absolute Gasteiger partial charge is 0.322 e. The van der Waals surface area contributed by atoms with Crippen molar-refractivity contribution in [1.29, 1.82) is 5.26 Å². The van der Waals surface area contributed by atoms with Gasteiger partial charge in [-0.3, -0.25) is 4.90 Å². The van der Waals surface area contributed by atoms with Gasteiger partial charge in [-0.05, 0) is 32.9 Å². The van der Waals surface area contributed by atoms with E-state index < -0.39 is 0 Å². The van der Waals surface area contributed by atoms with E-state index in [9.17, 15) is 5.26 Å². The highest BCUT2D eigenvalue weighted by atomic mass is 35.5. The molecule has 0 N–H and O–H groups in total. The molecule has 0 bridgehead atoms. The van der Waals surface area contributed by atoms with E-state index in [2.05, 4.69) is 16.0 Å². The van der Waals surface area contributed by atoms with Crippen LogP contribution in [0.25, 0.3) is 0 Å². The summed E-state index contributed by atoms with van der Waals surface area (Å²) in [5, 5.41) is 9.84. The maximum absolute atomic E-state index is 9.26. The van der Waals surface area contributed by atoms with Gasteiger partial charge < -0.3 is 4.57 Å². The van der Waals surface area contributed by atoms with Crippen molar-refractivity contribution in [3.63, 3.8) is 0 Å². The fraction of sp³-hybridized carbons (Fsp3) is 0.636. The Bertz CT molecular complexity index is 426. The molecule has 86 valence electrons. The second kappa shape index (κ2) is 4.44. The highest BCUT2D eigenvalue weighted by molar-refractivity contribution is 6.30. The van der Waals surface area contributed by atoms with Gasteiger partial charge in [0.1, 0.15) is 22.7 Å². The molecule has 0 aromatic carbocycles. The summed E-state index contributed by atoms with van der Waals surface area (Å²) < 4.78 is 1.82.